The number of H-pyrrole nitrogens is 1. The lowest BCUT2D eigenvalue weighted by Gasteiger charge is -2.07. The Kier molecular flexibility index (Phi) is 3.89. The Hall–Kier alpha value is -0.900. The van der Waals surface area contributed by atoms with Gasteiger partial charge in [-0.25, -0.2) is 0 Å². The van der Waals surface area contributed by atoms with Gasteiger partial charge in [-0.3, -0.25) is 0 Å². The van der Waals surface area contributed by atoms with Crippen LogP contribution in [-0.2, 0) is 0 Å². The number of hydrogen-bond donors (Lipinski definition) is 2. The van der Waals surface area contributed by atoms with Crippen LogP contribution in [0, 0.1) is 5.92 Å². The number of nitrogens with zero attached hydrogens (tertiary/aromatic N) is 2. The van der Waals surface area contributed by atoms with Crippen molar-refractivity contribution < 1.29 is 5.11 Å². The molecule has 0 radical (unpaired) electrons. The van der Waals surface area contributed by atoms with Crippen LogP contribution >= 0.6 is 0 Å². The second-order valence-corrected chi connectivity index (χ2v) is 3.74. The first kappa shape index (κ1) is 10.2. The van der Waals surface area contributed by atoms with Crippen LogP contribution in [0.25, 0.3) is 0 Å². The van der Waals surface area contributed by atoms with E-state index in [-0.39, 0.29) is 0 Å². The number of aromatic nitrogens is 3. The van der Waals surface area contributed by atoms with Crippen LogP contribution in [0.5, 0.6) is 0 Å². The molecular weight excluding hydrogens is 166 g/mol. The third-order valence-electron chi connectivity index (χ3n) is 2.03. The standard InChI is InChI=1S/C9H17N3O/c1-7(2)4-3-5-9(13)8-6-10-12-11-8/h6-7,9,13H,3-5H2,1-2H3,(H,10,11,12). The highest BCUT2D eigenvalue weighted by molar-refractivity contribution is 4.95. The first-order valence-corrected chi connectivity index (χ1v) is 4.74. The van der Waals surface area contributed by atoms with Gasteiger partial charge in [-0.05, 0) is 12.3 Å². The van der Waals surface area contributed by atoms with Crippen LogP contribution in [0.2, 0.25) is 0 Å². The lowest BCUT2D eigenvalue weighted by molar-refractivity contribution is 0.157. The van der Waals surface area contributed by atoms with E-state index in [4.69, 9.17) is 0 Å². The number of hydrogen-bond acceptors (Lipinski definition) is 3. The highest BCUT2D eigenvalue weighted by atomic mass is 16.3. The van der Waals surface area contributed by atoms with E-state index < -0.39 is 6.10 Å². The van der Waals surface area contributed by atoms with E-state index in [2.05, 4.69) is 29.3 Å². The van der Waals surface area contributed by atoms with Crippen molar-refractivity contribution in [2.24, 2.45) is 5.92 Å². The minimum Gasteiger partial charge on any atom is -0.387 e. The zero-order valence-corrected chi connectivity index (χ0v) is 8.20. The second kappa shape index (κ2) is 4.97. The molecular formula is C9H17N3O. The molecule has 0 aliphatic carbocycles. The Morgan fingerprint density at radius 3 is 2.77 bits per heavy atom. The van der Waals surface area contributed by atoms with Gasteiger partial charge in [0.15, 0.2) is 0 Å². The van der Waals surface area contributed by atoms with Crippen molar-refractivity contribution in [3.63, 3.8) is 0 Å². The second-order valence-electron chi connectivity index (χ2n) is 3.74. The Morgan fingerprint density at radius 2 is 2.23 bits per heavy atom. The third kappa shape index (κ3) is 3.55. The van der Waals surface area contributed by atoms with E-state index in [1.807, 2.05) is 0 Å². The molecule has 1 heterocycles. The van der Waals surface area contributed by atoms with Crippen molar-refractivity contribution in [3.8, 4) is 0 Å². The summed E-state index contributed by atoms with van der Waals surface area (Å²) in [7, 11) is 0. The van der Waals surface area contributed by atoms with Gasteiger partial charge in [0.1, 0.15) is 5.69 Å². The third-order valence-corrected chi connectivity index (χ3v) is 2.03. The van der Waals surface area contributed by atoms with Crippen LogP contribution < -0.4 is 0 Å². The normalized spacial score (nSPS) is 13.5. The van der Waals surface area contributed by atoms with E-state index in [0.717, 1.165) is 19.3 Å². The van der Waals surface area contributed by atoms with Crippen LogP contribution in [0.1, 0.15) is 44.9 Å². The molecule has 2 N–H and O–H groups in total. The SMILES string of the molecule is CC(C)CCCC(O)c1cn[nH]n1. The summed E-state index contributed by atoms with van der Waals surface area (Å²) in [4.78, 5) is 0. The van der Waals surface area contributed by atoms with Crippen molar-refractivity contribution in [1.29, 1.82) is 0 Å². The molecule has 0 aromatic carbocycles. The number of aromatic amines is 1. The maximum atomic E-state index is 9.60. The highest BCUT2D eigenvalue weighted by Gasteiger charge is 2.09. The molecule has 0 spiro atoms. The van der Waals surface area contributed by atoms with E-state index in [9.17, 15) is 5.11 Å². The lowest BCUT2D eigenvalue weighted by Crippen LogP contribution is -1.99. The predicted molar refractivity (Wildman–Crippen MR) is 50.0 cm³/mol. The van der Waals surface area contributed by atoms with Gasteiger partial charge in [-0.1, -0.05) is 26.7 Å². The average Bonchev–Trinajstić information content (AvgIpc) is 2.55. The summed E-state index contributed by atoms with van der Waals surface area (Å²) in [5.41, 5.74) is 0.642. The largest absolute Gasteiger partial charge is 0.387 e. The van der Waals surface area contributed by atoms with E-state index >= 15 is 0 Å². The van der Waals surface area contributed by atoms with Gasteiger partial charge in [0, 0.05) is 0 Å². The van der Waals surface area contributed by atoms with Crippen molar-refractivity contribution in [2.75, 3.05) is 0 Å². The number of aliphatic hydroxyl groups excluding tert-OH is 1. The summed E-state index contributed by atoms with van der Waals surface area (Å²) in [6, 6.07) is 0. The molecule has 1 aromatic rings. The van der Waals surface area contributed by atoms with Gasteiger partial charge in [-0.15, -0.1) is 0 Å². The fraction of sp³-hybridized carbons (Fsp3) is 0.778. The minimum absolute atomic E-state index is 0.461. The molecule has 4 nitrogen and oxygen atoms in total. The molecule has 1 aromatic heterocycles. The summed E-state index contributed by atoms with van der Waals surface area (Å²) in [6.45, 7) is 4.37. The maximum absolute atomic E-state index is 9.60. The van der Waals surface area contributed by atoms with Gasteiger partial charge in [0.25, 0.3) is 0 Å². The summed E-state index contributed by atoms with van der Waals surface area (Å²) >= 11 is 0. The quantitative estimate of drug-likeness (QED) is 0.729. The van der Waals surface area contributed by atoms with Crippen molar-refractivity contribution >= 4 is 0 Å². The van der Waals surface area contributed by atoms with Crippen molar-refractivity contribution in [3.05, 3.63) is 11.9 Å². The zero-order chi connectivity index (χ0) is 9.68. The zero-order valence-electron chi connectivity index (χ0n) is 8.20. The Bertz CT molecular complexity index is 221. The molecule has 74 valence electrons. The summed E-state index contributed by atoms with van der Waals surface area (Å²) in [5, 5.41) is 19.6. The van der Waals surface area contributed by atoms with Crippen molar-refractivity contribution in [1.82, 2.24) is 15.4 Å². The predicted octanol–water partition coefficient (Wildman–Crippen LogP) is 1.66. The maximum Gasteiger partial charge on any atom is 0.111 e. The Labute approximate surface area is 78.4 Å². The molecule has 1 rings (SSSR count). The van der Waals surface area contributed by atoms with Gasteiger partial charge in [-0.2, -0.15) is 15.4 Å². The van der Waals surface area contributed by atoms with Crippen LogP contribution in [0.15, 0.2) is 6.20 Å². The van der Waals surface area contributed by atoms with Crippen LogP contribution in [-0.4, -0.2) is 20.5 Å². The van der Waals surface area contributed by atoms with E-state index in [0.29, 0.717) is 11.6 Å². The summed E-state index contributed by atoms with van der Waals surface area (Å²) in [5.74, 6) is 0.699. The molecule has 0 aliphatic rings. The fourth-order valence-electron chi connectivity index (χ4n) is 1.24. The lowest BCUT2D eigenvalue weighted by atomic mass is 10.0. The Morgan fingerprint density at radius 1 is 1.46 bits per heavy atom. The minimum atomic E-state index is -0.461. The molecule has 1 atom stereocenters. The molecule has 1 unspecified atom stereocenters. The van der Waals surface area contributed by atoms with E-state index in [1.54, 1.807) is 6.20 Å². The first-order valence-electron chi connectivity index (χ1n) is 4.74. The van der Waals surface area contributed by atoms with Gasteiger partial charge >= 0.3 is 0 Å². The van der Waals surface area contributed by atoms with Gasteiger partial charge in [0.05, 0.1) is 12.3 Å². The summed E-state index contributed by atoms with van der Waals surface area (Å²) in [6.07, 6.45) is 4.06. The van der Waals surface area contributed by atoms with Gasteiger partial charge in [0.2, 0.25) is 0 Å². The van der Waals surface area contributed by atoms with Gasteiger partial charge < -0.3 is 5.11 Å². The molecule has 13 heavy (non-hydrogen) atoms. The molecule has 0 saturated carbocycles. The Balaban J connectivity index is 2.22. The van der Waals surface area contributed by atoms with E-state index in [1.165, 1.54) is 0 Å². The molecule has 0 aliphatic heterocycles. The van der Waals surface area contributed by atoms with Crippen molar-refractivity contribution in [2.45, 2.75) is 39.2 Å². The fourth-order valence-corrected chi connectivity index (χ4v) is 1.24. The number of nitrogens with one attached hydrogen (secondary N) is 1. The first-order chi connectivity index (χ1) is 6.20. The smallest absolute Gasteiger partial charge is 0.111 e. The number of aliphatic hydroxyl groups is 1. The molecule has 0 saturated heterocycles. The monoisotopic (exact) mass is 183 g/mol. The molecule has 0 amide bonds. The summed E-state index contributed by atoms with van der Waals surface area (Å²) < 4.78 is 0. The topological polar surface area (TPSA) is 61.8 Å². The van der Waals surface area contributed by atoms with Crippen LogP contribution in [0.3, 0.4) is 0 Å². The molecule has 4 heteroatoms. The molecule has 0 fully saturated rings. The van der Waals surface area contributed by atoms with Crippen LogP contribution in [0.4, 0.5) is 0 Å². The highest BCUT2D eigenvalue weighted by Crippen LogP contribution is 2.17. The average molecular weight is 183 g/mol. The molecule has 0 bridgehead atoms. The number of rotatable bonds is 5.